The van der Waals surface area contributed by atoms with Crippen molar-refractivity contribution in [2.24, 2.45) is 11.7 Å². The normalized spacial score (nSPS) is 12.4. The minimum absolute atomic E-state index is 0.240. The van der Waals surface area contributed by atoms with Crippen molar-refractivity contribution < 1.29 is 9.59 Å². The van der Waals surface area contributed by atoms with Crippen molar-refractivity contribution in [1.82, 2.24) is 10.3 Å². The third-order valence-electron chi connectivity index (χ3n) is 4.17. The Morgan fingerprint density at radius 3 is 2.00 bits per heavy atom. The highest BCUT2D eigenvalue weighted by Crippen LogP contribution is 2.26. The molecule has 5 heteroatoms. The molecule has 2 amide bonds. The Labute approximate surface area is 146 Å². The van der Waals surface area contributed by atoms with Crippen LogP contribution in [0.2, 0.25) is 0 Å². The molecule has 0 saturated heterocycles. The maximum atomic E-state index is 13.0. The number of para-hydroxylation sites is 2. The van der Waals surface area contributed by atoms with E-state index in [9.17, 15) is 9.59 Å². The Morgan fingerprint density at radius 1 is 1.00 bits per heavy atom. The number of amides is 2. The second-order valence-corrected chi connectivity index (χ2v) is 6.58. The van der Waals surface area contributed by atoms with Gasteiger partial charge in [0.2, 0.25) is 5.91 Å². The fraction of sp³-hybridized carbons (Fsp3) is 0.250. The molecular formula is C20H21N3O2. The molecule has 0 aliphatic heterocycles. The van der Waals surface area contributed by atoms with Gasteiger partial charge in [-0.15, -0.1) is 0 Å². The molecular weight excluding hydrogens is 314 g/mol. The van der Waals surface area contributed by atoms with E-state index in [2.05, 4.69) is 10.3 Å². The maximum absolute atomic E-state index is 13.0. The van der Waals surface area contributed by atoms with Crippen molar-refractivity contribution in [3.8, 4) is 0 Å². The molecule has 3 rings (SSSR count). The van der Waals surface area contributed by atoms with Gasteiger partial charge in [-0.3, -0.25) is 9.59 Å². The lowest BCUT2D eigenvalue weighted by molar-refractivity contribution is -0.120. The number of nitrogens with zero attached hydrogens (tertiary/aromatic N) is 1. The molecule has 5 nitrogen and oxygen atoms in total. The molecule has 3 aromatic rings. The van der Waals surface area contributed by atoms with Crippen molar-refractivity contribution in [2.75, 3.05) is 0 Å². The minimum atomic E-state index is -0.696. The fourth-order valence-corrected chi connectivity index (χ4v) is 3.03. The Bertz CT molecular complexity index is 896. The maximum Gasteiger partial charge on any atom is 0.253 e. The number of hydrogen-bond acceptors (Lipinski definition) is 3. The largest absolute Gasteiger partial charge is 0.368 e. The van der Waals surface area contributed by atoms with Crippen LogP contribution in [0.3, 0.4) is 0 Å². The average Bonchev–Trinajstić information content (AvgIpc) is 2.58. The number of hydrogen-bond donors (Lipinski definition) is 2. The fourth-order valence-electron chi connectivity index (χ4n) is 3.03. The van der Waals surface area contributed by atoms with Crippen LogP contribution < -0.4 is 11.1 Å². The van der Waals surface area contributed by atoms with E-state index in [0.29, 0.717) is 12.0 Å². The lowest BCUT2D eigenvalue weighted by atomic mass is 9.99. The quantitative estimate of drug-likeness (QED) is 0.703. The number of carbonyl (C=O) groups excluding carboxylic acids is 2. The molecule has 3 N–H and O–H groups in total. The van der Waals surface area contributed by atoms with Gasteiger partial charge in [-0.25, -0.2) is 4.98 Å². The number of primary amides is 1. The zero-order valence-corrected chi connectivity index (χ0v) is 14.3. The summed E-state index contributed by atoms with van der Waals surface area (Å²) in [6, 6.07) is 14.3. The molecule has 25 heavy (non-hydrogen) atoms. The van der Waals surface area contributed by atoms with Crippen molar-refractivity contribution in [3.05, 3.63) is 54.1 Å². The first-order chi connectivity index (χ1) is 12.0. The second-order valence-electron chi connectivity index (χ2n) is 6.58. The SMILES string of the molecule is CC(C)C[C@@H](NC(=O)c1c2ccccc2nc2ccccc12)C(N)=O. The molecule has 1 atom stereocenters. The summed E-state index contributed by atoms with van der Waals surface area (Å²) in [5.74, 6) is -0.590. The summed E-state index contributed by atoms with van der Waals surface area (Å²) < 4.78 is 0. The van der Waals surface area contributed by atoms with Crippen LogP contribution in [0.25, 0.3) is 21.8 Å². The van der Waals surface area contributed by atoms with Crippen LogP contribution in [0, 0.1) is 5.92 Å². The summed E-state index contributed by atoms with van der Waals surface area (Å²) in [6.45, 7) is 3.97. The number of aromatic nitrogens is 1. The van der Waals surface area contributed by atoms with Crippen LogP contribution in [-0.4, -0.2) is 22.8 Å². The second kappa shape index (κ2) is 6.89. The van der Waals surface area contributed by atoms with E-state index in [1.807, 2.05) is 62.4 Å². The van der Waals surface area contributed by atoms with Gasteiger partial charge in [0.05, 0.1) is 16.6 Å². The highest BCUT2D eigenvalue weighted by atomic mass is 16.2. The van der Waals surface area contributed by atoms with Crippen LogP contribution in [0.5, 0.6) is 0 Å². The zero-order chi connectivity index (χ0) is 18.0. The number of fused-ring (bicyclic) bond motifs is 2. The van der Waals surface area contributed by atoms with E-state index in [1.54, 1.807) is 0 Å². The first-order valence-electron chi connectivity index (χ1n) is 8.35. The highest BCUT2D eigenvalue weighted by molar-refractivity contribution is 6.16. The summed E-state index contributed by atoms with van der Waals surface area (Å²) in [4.78, 5) is 29.4. The van der Waals surface area contributed by atoms with Gasteiger partial charge < -0.3 is 11.1 Å². The van der Waals surface area contributed by atoms with Gasteiger partial charge in [0.25, 0.3) is 5.91 Å². The third kappa shape index (κ3) is 3.45. The van der Waals surface area contributed by atoms with Crippen LogP contribution >= 0.6 is 0 Å². The molecule has 0 aliphatic carbocycles. The topological polar surface area (TPSA) is 85.1 Å². The standard InChI is InChI=1S/C20H21N3O2/c1-12(2)11-17(19(21)24)23-20(25)18-13-7-3-5-9-15(13)22-16-10-6-4-8-14(16)18/h3-10,12,17H,11H2,1-2H3,(H2,21,24)(H,23,25)/t17-/m1/s1. The van der Waals surface area contributed by atoms with Crippen LogP contribution in [0.4, 0.5) is 0 Å². The van der Waals surface area contributed by atoms with Gasteiger partial charge in [0.1, 0.15) is 6.04 Å². The smallest absolute Gasteiger partial charge is 0.253 e. The van der Waals surface area contributed by atoms with E-state index in [1.165, 1.54) is 0 Å². The van der Waals surface area contributed by atoms with E-state index >= 15 is 0 Å². The Morgan fingerprint density at radius 2 is 1.52 bits per heavy atom. The average molecular weight is 335 g/mol. The number of nitrogens with two attached hydrogens (primary N) is 1. The monoisotopic (exact) mass is 335 g/mol. The number of rotatable bonds is 5. The van der Waals surface area contributed by atoms with Crippen molar-refractivity contribution >= 4 is 33.6 Å². The van der Waals surface area contributed by atoms with E-state index in [0.717, 1.165) is 21.8 Å². The Hall–Kier alpha value is -2.95. The lowest BCUT2D eigenvalue weighted by Gasteiger charge is -2.18. The lowest BCUT2D eigenvalue weighted by Crippen LogP contribution is -2.45. The van der Waals surface area contributed by atoms with Crippen molar-refractivity contribution in [3.63, 3.8) is 0 Å². The number of carbonyl (C=O) groups is 2. The van der Waals surface area contributed by atoms with Gasteiger partial charge in [-0.2, -0.15) is 0 Å². The van der Waals surface area contributed by atoms with E-state index < -0.39 is 11.9 Å². The predicted octanol–water partition coefficient (Wildman–Crippen LogP) is 3.02. The first-order valence-corrected chi connectivity index (χ1v) is 8.35. The molecule has 1 heterocycles. The molecule has 0 fully saturated rings. The summed E-state index contributed by atoms with van der Waals surface area (Å²) in [7, 11) is 0. The van der Waals surface area contributed by atoms with Crippen LogP contribution in [0.15, 0.2) is 48.5 Å². The highest BCUT2D eigenvalue weighted by Gasteiger charge is 2.23. The molecule has 128 valence electrons. The Kier molecular flexibility index (Phi) is 4.65. The molecule has 2 aromatic carbocycles. The summed E-state index contributed by atoms with van der Waals surface area (Å²) >= 11 is 0. The van der Waals surface area contributed by atoms with Crippen molar-refractivity contribution in [2.45, 2.75) is 26.3 Å². The van der Waals surface area contributed by atoms with Gasteiger partial charge >= 0.3 is 0 Å². The predicted molar refractivity (Wildman–Crippen MR) is 99.2 cm³/mol. The summed E-state index contributed by atoms with van der Waals surface area (Å²) in [6.07, 6.45) is 0.502. The molecule has 0 spiro atoms. The van der Waals surface area contributed by atoms with Crippen LogP contribution in [0.1, 0.15) is 30.6 Å². The van der Waals surface area contributed by atoms with Gasteiger partial charge in [0, 0.05) is 10.8 Å². The molecule has 1 aromatic heterocycles. The van der Waals surface area contributed by atoms with E-state index in [4.69, 9.17) is 5.73 Å². The first kappa shape index (κ1) is 16.9. The molecule has 0 bridgehead atoms. The number of nitrogens with one attached hydrogen (secondary N) is 1. The van der Waals surface area contributed by atoms with E-state index in [-0.39, 0.29) is 11.8 Å². The van der Waals surface area contributed by atoms with Gasteiger partial charge in [0.15, 0.2) is 0 Å². The molecule has 0 unspecified atom stereocenters. The van der Waals surface area contributed by atoms with Crippen molar-refractivity contribution in [1.29, 1.82) is 0 Å². The number of pyridine rings is 1. The molecule has 0 saturated carbocycles. The minimum Gasteiger partial charge on any atom is -0.368 e. The zero-order valence-electron chi connectivity index (χ0n) is 14.3. The van der Waals surface area contributed by atoms with Gasteiger partial charge in [-0.1, -0.05) is 50.2 Å². The third-order valence-corrected chi connectivity index (χ3v) is 4.17. The molecule has 0 aliphatic rings. The van der Waals surface area contributed by atoms with Crippen LogP contribution in [-0.2, 0) is 4.79 Å². The summed E-state index contributed by atoms with van der Waals surface area (Å²) in [5.41, 5.74) is 7.48. The van der Waals surface area contributed by atoms with Gasteiger partial charge in [-0.05, 0) is 24.5 Å². The Balaban J connectivity index is 2.11. The number of benzene rings is 2. The summed E-state index contributed by atoms with van der Waals surface area (Å²) in [5, 5.41) is 4.32. The molecule has 0 radical (unpaired) electrons.